The molecule has 1 aliphatic rings. The Kier molecular flexibility index (Phi) is 58.2. The van der Waals surface area contributed by atoms with Gasteiger partial charge in [-0.1, -0.05) is 300 Å². The van der Waals surface area contributed by atoms with Gasteiger partial charge in [0.2, 0.25) is 5.91 Å². The Labute approximate surface area is 522 Å². The summed E-state index contributed by atoms with van der Waals surface area (Å²) in [7, 11) is 0. The molecule has 0 radical (unpaired) electrons. The highest BCUT2D eigenvalue weighted by atomic mass is 16.7. The predicted molar refractivity (Wildman–Crippen MR) is 356 cm³/mol. The van der Waals surface area contributed by atoms with Crippen LogP contribution in [-0.2, 0) is 23.8 Å². The van der Waals surface area contributed by atoms with Gasteiger partial charge in [0.05, 0.1) is 25.4 Å². The summed E-state index contributed by atoms with van der Waals surface area (Å²) >= 11 is 0. The van der Waals surface area contributed by atoms with Crippen LogP contribution in [0.1, 0.15) is 335 Å². The Hall–Kier alpha value is -2.64. The van der Waals surface area contributed by atoms with Crippen LogP contribution >= 0.6 is 0 Å². The first kappa shape index (κ1) is 80.4. The monoisotopic (exact) mass is 1200 g/mol. The highest BCUT2D eigenvalue weighted by molar-refractivity contribution is 5.80. The minimum Gasteiger partial charge on any atom is -0.454 e. The molecule has 0 spiro atoms. The predicted octanol–water partition coefficient (Wildman–Crippen LogP) is 18.5. The largest absolute Gasteiger partial charge is 0.454 e. The summed E-state index contributed by atoms with van der Waals surface area (Å²) in [6, 6.07) is -1.03. The molecule has 0 saturated carbocycles. The Morgan fingerprint density at radius 2 is 0.812 bits per heavy atom. The lowest BCUT2D eigenvalue weighted by Gasteiger charge is -2.41. The molecule has 8 atom stereocenters. The first-order valence-electron chi connectivity index (χ1n) is 36.1. The summed E-state index contributed by atoms with van der Waals surface area (Å²) in [5.74, 6) is -1.19. The molecule has 0 aliphatic carbocycles. The molecule has 1 amide bonds. The van der Waals surface area contributed by atoms with Crippen molar-refractivity contribution in [2.24, 2.45) is 0 Å². The summed E-state index contributed by atoms with van der Waals surface area (Å²) < 4.78 is 17.7. The third kappa shape index (κ3) is 48.9. The van der Waals surface area contributed by atoms with Crippen LogP contribution in [0, 0.1) is 0 Å². The second-order valence-electron chi connectivity index (χ2n) is 25.0. The van der Waals surface area contributed by atoms with E-state index in [0.29, 0.717) is 12.8 Å². The zero-order valence-corrected chi connectivity index (χ0v) is 55.2. The van der Waals surface area contributed by atoms with E-state index >= 15 is 0 Å². The van der Waals surface area contributed by atoms with E-state index in [1.54, 1.807) is 6.08 Å². The summed E-state index contributed by atoms with van der Waals surface area (Å²) in [6.45, 7) is 5.80. The van der Waals surface area contributed by atoms with E-state index in [1.165, 1.54) is 205 Å². The average molecular weight is 1200 g/mol. The van der Waals surface area contributed by atoms with E-state index in [2.05, 4.69) is 74.7 Å². The number of rotatable bonds is 62. The molecule has 0 aromatic rings. The standard InChI is InChI=1S/C74H135NO10/c1-4-7-10-13-16-19-22-25-27-29-31-33-34-35-37-39-41-44-47-50-53-56-59-62-69(79)85-72-71(81)70(80)68(63-76)84-74(72)83-64-65(66(77)60-57-54-51-48-45-42-24-21-18-15-12-9-6-3)75-73(82)67(78)61-58-55-52-49-46-43-40-38-36-32-30-28-26-23-20-17-14-11-8-5-2/h17,20,25-28,32,36,57,60,65-68,70-72,74,76-78,80-81H,4-16,18-19,21-24,29-31,33-35,37-56,58-59,61-64H2,1-3H3,(H,75,82)/b20-17-,27-25+,28-26-,36-32-,60-57+. The van der Waals surface area contributed by atoms with Gasteiger partial charge in [0.15, 0.2) is 12.4 Å². The van der Waals surface area contributed by atoms with Gasteiger partial charge in [-0.2, -0.15) is 0 Å². The Balaban J connectivity index is 2.59. The topological polar surface area (TPSA) is 175 Å². The second-order valence-corrected chi connectivity index (χ2v) is 25.0. The fourth-order valence-electron chi connectivity index (χ4n) is 11.2. The van der Waals surface area contributed by atoms with Gasteiger partial charge in [-0.15, -0.1) is 0 Å². The first-order valence-corrected chi connectivity index (χ1v) is 36.1. The van der Waals surface area contributed by atoms with Crippen molar-refractivity contribution in [3.8, 4) is 0 Å². The highest BCUT2D eigenvalue weighted by Crippen LogP contribution is 2.26. The van der Waals surface area contributed by atoms with Crippen molar-refractivity contribution in [2.45, 2.75) is 384 Å². The van der Waals surface area contributed by atoms with Crippen LogP contribution < -0.4 is 5.32 Å². The van der Waals surface area contributed by atoms with Crippen molar-refractivity contribution in [2.75, 3.05) is 13.2 Å². The van der Waals surface area contributed by atoms with Crippen molar-refractivity contribution >= 4 is 11.9 Å². The lowest BCUT2D eigenvalue weighted by atomic mass is 9.99. The Morgan fingerprint density at radius 1 is 0.459 bits per heavy atom. The van der Waals surface area contributed by atoms with Crippen LogP contribution in [0.4, 0.5) is 0 Å². The lowest BCUT2D eigenvalue weighted by Crippen LogP contribution is -2.61. The van der Waals surface area contributed by atoms with Crippen LogP contribution in [0.25, 0.3) is 0 Å². The second kappa shape index (κ2) is 61.6. The molecule has 1 heterocycles. The number of hydrogen-bond acceptors (Lipinski definition) is 10. The molecule has 0 bridgehead atoms. The Bertz CT molecular complexity index is 1620. The van der Waals surface area contributed by atoms with Gasteiger partial charge in [-0.3, -0.25) is 9.59 Å². The molecule has 0 aromatic heterocycles. The van der Waals surface area contributed by atoms with Gasteiger partial charge in [0.25, 0.3) is 0 Å². The smallest absolute Gasteiger partial charge is 0.306 e. The van der Waals surface area contributed by atoms with Crippen molar-refractivity contribution in [3.63, 3.8) is 0 Å². The summed E-state index contributed by atoms with van der Waals surface area (Å²) in [6.07, 6.45) is 68.2. The molecule has 8 unspecified atom stereocenters. The molecule has 496 valence electrons. The maximum atomic E-state index is 13.5. The Morgan fingerprint density at radius 3 is 1.25 bits per heavy atom. The van der Waals surface area contributed by atoms with Crippen molar-refractivity contribution in [1.29, 1.82) is 0 Å². The van der Waals surface area contributed by atoms with Crippen LogP contribution in [0.15, 0.2) is 60.8 Å². The quantitative estimate of drug-likeness (QED) is 0.0195. The fourth-order valence-corrected chi connectivity index (χ4v) is 11.2. The van der Waals surface area contributed by atoms with E-state index in [0.717, 1.165) is 83.5 Å². The number of carbonyl (C=O) groups excluding carboxylic acids is 2. The third-order valence-electron chi connectivity index (χ3n) is 16.9. The number of esters is 1. The molecule has 1 rings (SSSR count). The molecular formula is C74H135NO10. The number of carbonyl (C=O) groups is 2. The molecule has 11 heteroatoms. The van der Waals surface area contributed by atoms with Crippen molar-refractivity contribution < 1.29 is 49.3 Å². The number of ether oxygens (including phenoxy) is 3. The van der Waals surface area contributed by atoms with E-state index < -0.39 is 67.4 Å². The molecule has 85 heavy (non-hydrogen) atoms. The number of nitrogens with one attached hydrogen (secondary N) is 1. The molecule has 1 fully saturated rings. The number of aliphatic hydroxyl groups excluding tert-OH is 5. The minimum absolute atomic E-state index is 0.123. The van der Waals surface area contributed by atoms with E-state index in [-0.39, 0.29) is 19.4 Å². The van der Waals surface area contributed by atoms with Crippen LogP contribution in [0.3, 0.4) is 0 Å². The zero-order valence-electron chi connectivity index (χ0n) is 55.2. The molecule has 1 saturated heterocycles. The van der Waals surface area contributed by atoms with Crippen LogP contribution in [0.5, 0.6) is 0 Å². The fraction of sp³-hybridized carbons (Fsp3) is 0.838. The lowest BCUT2D eigenvalue weighted by molar-refractivity contribution is -0.305. The van der Waals surface area contributed by atoms with Gasteiger partial charge in [0.1, 0.15) is 24.4 Å². The van der Waals surface area contributed by atoms with Gasteiger partial charge in [-0.05, 0) is 89.9 Å². The molecule has 1 aliphatic heterocycles. The van der Waals surface area contributed by atoms with Gasteiger partial charge >= 0.3 is 5.97 Å². The molecule has 11 nitrogen and oxygen atoms in total. The summed E-state index contributed by atoms with van der Waals surface area (Å²) in [5.41, 5.74) is 0. The minimum atomic E-state index is -1.62. The van der Waals surface area contributed by atoms with E-state index in [4.69, 9.17) is 14.2 Å². The number of unbranched alkanes of at least 4 members (excludes halogenated alkanes) is 40. The number of aliphatic hydroxyl groups is 5. The molecular weight excluding hydrogens is 1060 g/mol. The van der Waals surface area contributed by atoms with Crippen LogP contribution in [0.2, 0.25) is 0 Å². The van der Waals surface area contributed by atoms with E-state index in [9.17, 15) is 35.1 Å². The summed E-state index contributed by atoms with van der Waals surface area (Å²) in [4.78, 5) is 26.7. The number of allylic oxidation sites excluding steroid dienone is 9. The number of amides is 1. The number of hydrogen-bond donors (Lipinski definition) is 6. The maximum Gasteiger partial charge on any atom is 0.306 e. The van der Waals surface area contributed by atoms with Crippen LogP contribution in [-0.4, -0.2) is 99.6 Å². The van der Waals surface area contributed by atoms with Gasteiger partial charge < -0.3 is 45.1 Å². The molecule has 0 aromatic carbocycles. The third-order valence-corrected chi connectivity index (χ3v) is 16.9. The summed E-state index contributed by atoms with van der Waals surface area (Å²) in [5, 5.41) is 57.3. The van der Waals surface area contributed by atoms with E-state index in [1.807, 2.05) is 6.08 Å². The highest BCUT2D eigenvalue weighted by Gasteiger charge is 2.47. The van der Waals surface area contributed by atoms with Gasteiger partial charge in [-0.25, -0.2) is 0 Å². The zero-order chi connectivity index (χ0) is 61.7. The first-order chi connectivity index (χ1) is 41.7. The normalized spacial score (nSPS) is 18.7. The molecule has 6 N–H and O–H groups in total. The van der Waals surface area contributed by atoms with Gasteiger partial charge in [0, 0.05) is 6.42 Å². The maximum absolute atomic E-state index is 13.5. The van der Waals surface area contributed by atoms with Crippen molar-refractivity contribution in [1.82, 2.24) is 5.32 Å². The average Bonchev–Trinajstić information content (AvgIpc) is 3.12. The van der Waals surface area contributed by atoms with Crippen molar-refractivity contribution in [3.05, 3.63) is 60.8 Å². The SMILES string of the molecule is CCCCC/C=C\C/C=C\C/C=C\CCCCCCCCCC(O)C(=O)NC(COC1OC(CO)C(O)C(O)C1OC(=O)CCCCCCCCCCCCCCC/C=C/CCCCCCCC)C(O)/C=C/CCCCCCCCCCCCC.